The normalized spacial score (nSPS) is 15.2. The van der Waals surface area contributed by atoms with Gasteiger partial charge in [-0.1, -0.05) is 31.0 Å². The lowest BCUT2D eigenvalue weighted by molar-refractivity contribution is -0.142. The number of amides is 2. The van der Waals surface area contributed by atoms with Crippen molar-refractivity contribution in [2.75, 3.05) is 19.6 Å². The van der Waals surface area contributed by atoms with E-state index < -0.39 is 15.4 Å². The van der Waals surface area contributed by atoms with E-state index in [1.807, 2.05) is 0 Å². The van der Waals surface area contributed by atoms with Gasteiger partial charge in [0.2, 0.25) is 21.8 Å². The van der Waals surface area contributed by atoms with E-state index in [0.29, 0.717) is 32.2 Å². The summed E-state index contributed by atoms with van der Waals surface area (Å²) in [4.78, 5) is 25.7. The summed E-state index contributed by atoms with van der Waals surface area (Å²) in [6.07, 6.45) is 3.74. The summed E-state index contributed by atoms with van der Waals surface area (Å²) in [5.74, 6) is -0.823. The van der Waals surface area contributed by atoms with Gasteiger partial charge in [-0.3, -0.25) is 15.0 Å². The van der Waals surface area contributed by atoms with Crippen molar-refractivity contribution in [3.05, 3.63) is 36.9 Å². The molecule has 1 aromatic carbocycles. The molecular weight excluding hydrogens is 420 g/mol. The monoisotopic (exact) mass is 451 g/mol. The smallest absolute Gasteiger partial charge is 0.240 e. The van der Waals surface area contributed by atoms with Gasteiger partial charge < -0.3 is 21.7 Å². The number of carbonyl (C=O) groups is 2. The number of hydrogen-bond acceptors (Lipinski definition) is 5. The molecule has 10 nitrogen and oxygen atoms in total. The van der Waals surface area contributed by atoms with Crippen LogP contribution in [0.4, 0.5) is 0 Å². The molecule has 2 rings (SSSR count). The highest BCUT2D eigenvalue weighted by molar-refractivity contribution is 7.89. The van der Waals surface area contributed by atoms with Crippen molar-refractivity contribution in [2.45, 2.75) is 43.4 Å². The van der Waals surface area contributed by atoms with E-state index in [9.17, 15) is 18.0 Å². The van der Waals surface area contributed by atoms with Crippen LogP contribution in [0.3, 0.4) is 0 Å². The first-order valence-corrected chi connectivity index (χ1v) is 11.8. The lowest BCUT2D eigenvalue weighted by Gasteiger charge is -2.26. The molecular formula is C20H31N6O4S. The van der Waals surface area contributed by atoms with Gasteiger partial charge in [0.05, 0.1) is 4.90 Å². The van der Waals surface area contributed by atoms with Gasteiger partial charge in [0.25, 0.3) is 0 Å². The van der Waals surface area contributed by atoms with Crippen molar-refractivity contribution in [3.63, 3.8) is 0 Å². The van der Waals surface area contributed by atoms with Crippen LogP contribution in [0.2, 0.25) is 0 Å². The van der Waals surface area contributed by atoms with Gasteiger partial charge in [-0.15, -0.1) is 0 Å². The van der Waals surface area contributed by atoms with Crippen molar-refractivity contribution >= 4 is 27.8 Å². The average Bonchev–Trinajstić information content (AvgIpc) is 3.25. The molecule has 1 radical (unpaired) electrons. The Morgan fingerprint density at radius 2 is 1.71 bits per heavy atom. The van der Waals surface area contributed by atoms with E-state index in [4.69, 9.17) is 11.1 Å². The predicted octanol–water partition coefficient (Wildman–Crippen LogP) is 0.183. The van der Waals surface area contributed by atoms with Crippen molar-refractivity contribution in [1.29, 1.82) is 5.41 Å². The SMILES string of the molecule is N=C(N)NCCC[CH]NC(=O)C1(C(=O)NCCNS(=O)(=O)c2ccccc2)CCCC1. The van der Waals surface area contributed by atoms with Crippen molar-refractivity contribution in [2.24, 2.45) is 11.1 Å². The predicted molar refractivity (Wildman–Crippen MR) is 117 cm³/mol. The Bertz CT molecular complexity index is 854. The van der Waals surface area contributed by atoms with Crippen LogP contribution in [0, 0.1) is 17.4 Å². The first-order valence-electron chi connectivity index (χ1n) is 10.3. The molecule has 171 valence electrons. The number of guanidine groups is 1. The zero-order chi connectivity index (χ0) is 22.7. The standard InChI is InChI=1S/C20H31N6O4S/c21-19(22)25-13-7-6-12-23-17(27)20(10-4-5-11-20)18(28)24-14-15-26-31(29,30)16-8-2-1-3-9-16/h1-3,8-9,12,26H,4-7,10-11,13-15H2,(H,23,27)(H,24,28)(H4,21,22,25). The van der Waals surface area contributed by atoms with E-state index in [1.54, 1.807) is 24.7 Å². The third-order valence-corrected chi connectivity index (χ3v) is 6.63. The molecule has 11 heteroatoms. The lowest BCUT2D eigenvalue weighted by Crippen LogP contribution is -2.50. The summed E-state index contributed by atoms with van der Waals surface area (Å²) >= 11 is 0. The molecule has 2 amide bonds. The van der Waals surface area contributed by atoms with Gasteiger partial charge in [-0.2, -0.15) is 0 Å². The van der Waals surface area contributed by atoms with Crippen LogP contribution in [0.1, 0.15) is 38.5 Å². The minimum absolute atomic E-state index is 0.0238. The fourth-order valence-corrected chi connectivity index (χ4v) is 4.53. The third kappa shape index (κ3) is 7.21. The van der Waals surface area contributed by atoms with Crippen LogP contribution in [0.5, 0.6) is 0 Å². The molecule has 0 aromatic heterocycles. The van der Waals surface area contributed by atoms with E-state index in [0.717, 1.165) is 12.8 Å². The topological polar surface area (TPSA) is 166 Å². The number of nitrogens with two attached hydrogens (primary N) is 1. The first kappa shape index (κ1) is 24.6. The van der Waals surface area contributed by atoms with Crippen LogP contribution in [0.15, 0.2) is 35.2 Å². The van der Waals surface area contributed by atoms with Crippen molar-refractivity contribution < 1.29 is 18.0 Å². The average molecular weight is 452 g/mol. The molecule has 31 heavy (non-hydrogen) atoms. The Hall–Kier alpha value is -2.66. The van der Waals surface area contributed by atoms with Gasteiger partial charge in [-0.25, -0.2) is 13.1 Å². The zero-order valence-electron chi connectivity index (χ0n) is 17.4. The maximum absolute atomic E-state index is 12.8. The highest BCUT2D eigenvalue weighted by Gasteiger charge is 2.47. The van der Waals surface area contributed by atoms with Crippen molar-refractivity contribution in [3.8, 4) is 0 Å². The van der Waals surface area contributed by atoms with Crippen LogP contribution >= 0.6 is 0 Å². The maximum Gasteiger partial charge on any atom is 0.240 e. The van der Waals surface area contributed by atoms with E-state index >= 15 is 0 Å². The lowest BCUT2D eigenvalue weighted by atomic mass is 9.84. The van der Waals surface area contributed by atoms with Crippen LogP contribution in [-0.4, -0.2) is 45.8 Å². The van der Waals surface area contributed by atoms with Crippen LogP contribution in [-0.2, 0) is 19.6 Å². The fourth-order valence-electron chi connectivity index (χ4n) is 3.48. The largest absolute Gasteiger partial charge is 0.370 e. The summed E-state index contributed by atoms with van der Waals surface area (Å²) in [5.41, 5.74) is 4.07. The van der Waals surface area contributed by atoms with Crippen LogP contribution in [0.25, 0.3) is 0 Å². The Morgan fingerprint density at radius 1 is 1.03 bits per heavy atom. The third-order valence-electron chi connectivity index (χ3n) is 5.16. The molecule has 0 aliphatic heterocycles. The molecule has 1 fully saturated rings. The molecule has 1 aromatic rings. The fraction of sp³-hybridized carbons (Fsp3) is 0.500. The second-order valence-electron chi connectivity index (χ2n) is 7.42. The number of unbranched alkanes of at least 4 members (excludes halogenated alkanes) is 1. The second-order valence-corrected chi connectivity index (χ2v) is 9.18. The summed E-state index contributed by atoms with van der Waals surface area (Å²) in [7, 11) is -3.65. The number of benzene rings is 1. The zero-order valence-corrected chi connectivity index (χ0v) is 18.3. The Labute approximate surface area is 183 Å². The first-order chi connectivity index (χ1) is 14.8. The number of rotatable bonds is 12. The highest BCUT2D eigenvalue weighted by Crippen LogP contribution is 2.38. The molecule has 1 aliphatic rings. The summed E-state index contributed by atoms with van der Waals surface area (Å²) in [6, 6.07) is 7.98. The maximum atomic E-state index is 12.8. The molecule has 0 heterocycles. The molecule has 0 spiro atoms. The van der Waals surface area contributed by atoms with E-state index in [2.05, 4.69) is 20.7 Å². The van der Waals surface area contributed by atoms with Gasteiger partial charge in [-0.05, 0) is 37.8 Å². The minimum atomic E-state index is -3.65. The number of hydrogen-bond donors (Lipinski definition) is 6. The number of carbonyl (C=O) groups excluding carboxylic acids is 2. The number of sulfonamides is 1. The summed E-state index contributed by atoms with van der Waals surface area (Å²) < 4.78 is 26.9. The summed E-state index contributed by atoms with van der Waals surface area (Å²) in [5, 5.41) is 15.2. The minimum Gasteiger partial charge on any atom is -0.370 e. The Morgan fingerprint density at radius 3 is 2.35 bits per heavy atom. The van der Waals surface area contributed by atoms with Crippen molar-refractivity contribution in [1.82, 2.24) is 20.7 Å². The molecule has 0 atom stereocenters. The van der Waals surface area contributed by atoms with Gasteiger partial charge >= 0.3 is 0 Å². The molecule has 0 unspecified atom stereocenters. The van der Waals surface area contributed by atoms with Gasteiger partial charge in [0.15, 0.2) is 5.96 Å². The molecule has 0 bridgehead atoms. The Kier molecular flexibility index (Phi) is 9.25. The molecule has 7 N–H and O–H groups in total. The molecule has 0 saturated heterocycles. The van der Waals surface area contributed by atoms with Gasteiger partial charge in [0, 0.05) is 26.2 Å². The quantitative estimate of drug-likeness (QED) is 0.115. The molecule has 1 saturated carbocycles. The highest BCUT2D eigenvalue weighted by atomic mass is 32.2. The second kappa shape index (κ2) is 11.7. The summed E-state index contributed by atoms with van der Waals surface area (Å²) in [6.45, 7) is 2.24. The number of nitrogens with one attached hydrogen (secondary N) is 5. The Balaban J connectivity index is 1.79. The van der Waals surface area contributed by atoms with Gasteiger partial charge in [0.1, 0.15) is 5.41 Å². The van der Waals surface area contributed by atoms with E-state index in [1.165, 1.54) is 12.1 Å². The van der Waals surface area contributed by atoms with Crippen LogP contribution < -0.4 is 26.4 Å². The molecule has 1 aliphatic carbocycles. The van der Waals surface area contributed by atoms with E-state index in [-0.39, 0.29) is 35.8 Å².